The van der Waals surface area contributed by atoms with Gasteiger partial charge < -0.3 is 15.0 Å². The largest absolute Gasteiger partial charge is 0.398 e. The molecule has 5 heteroatoms. The van der Waals surface area contributed by atoms with E-state index in [2.05, 4.69) is 11.4 Å². The van der Waals surface area contributed by atoms with Crippen LogP contribution in [0.1, 0.15) is 11.3 Å². The molecule has 2 aromatic heterocycles. The molecule has 2 rings (SSSR count). The number of thiophene rings is 1. The van der Waals surface area contributed by atoms with E-state index in [0.717, 1.165) is 19.4 Å². The second kappa shape index (κ2) is 7.11. The molecule has 0 saturated heterocycles. The van der Waals surface area contributed by atoms with Crippen molar-refractivity contribution in [1.29, 1.82) is 0 Å². The van der Waals surface area contributed by atoms with Gasteiger partial charge in [-0.05, 0) is 23.9 Å². The van der Waals surface area contributed by atoms with E-state index >= 15 is 0 Å². The van der Waals surface area contributed by atoms with Crippen LogP contribution in [-0.4, -0.2) is 17.8 Å². The lowest BCUT2D eigenvalue weighted by Gasteiger charge is -2.07. The Bertz CT molecular complexity index is 549. The average molecular weight is 278 g/mol. The Morgan fingerprint density at radius 1 is 1.26 bits per heavy atom. The third-order valence-corrected chi connectivity index (χ3v) is 3.70. The molecule has 19 heavy (non-hydrogen) atoms. The Morgan fingerprint density at radius 2 is 2.16 bits per heavy atom. The van der Waals surface area contributed by atoms with Crippen molar-refractivity contribution < 1.29 is 4.74 Å². The average Bonchev–Trinajstić information content (AvgIpc) is 2.90. The minimum Gasteiger partial charge on any atom is -0.398 e. The van der Waals surface area contributed by atoms with Crippen molar-refractivity contribution in [2.75, 3.05) is 18.9 Å². The molecule has 4 nitrogen and oxygen atoms in total. The number of hydrogen-bond donors (Lipinski definition) is 1. The van der Waals surface area contributed by atoms with Crippen molar-refractivity contribution in [2.45, 2.75) is 19.4 Å². The molecule has 2 heterocycles. The summed E-state index contributed by atoms with van der Waals surface area (Å²) >= 11 is 1.75. The maximum atomic E-state index is 11.5. The molecular formula is C14H18N2O2S. The summed E-state index contributed by atoms with van der Waals surface area (Å²) in [6.07, 6.45) is 3.44. The summed E-state index contributed by atoms with van der Waals surface area (Å²) in [4.78, 5) is 12.9. The summed E-state index contributed by atoms with van der Waals surface area (Å²) in [6, 6.07) is 7.27. The predicted octanol–water partition coefficient (Wildman–Crippen LogP) is 2.14. The molecule has 0 unspecified atom stereocenters. The maximum Gasteiger partial charge on any atom is 0.250 e. The van der Waals surface area contributed by atoms with Crippen LogP contribution in [0.3, 0.4) is 0 Å². The van der Waals surface area contributed by atoms with Gasteiger partial charge in [-0.25, -0.2) is 0 Å². The van der Waals surface area contributed by atoms with Gasteiger partial charge in [0.25, 0.3) is 5.56 Å². The summed E-state index contributed by atoms with van der Waals surface area (Å²) in [5.74, 6) is 0. The molecule has 0 aliphatic heterocycles. The fourth-order valence-electron chi connectivity index (χ4n) is 1.79. The van der Waals surface area contributed by atoms with Crippen molar-refractivity contribution in [3.8, 4) is 0 Å². The number of anilines is 1. The van der Waals surface area contributed by atoms with Gasteiger partial charge in [-0.3, -0.25) is 4.79 Å². The Labute approximate surface area is 116 Å². The van der Waals surface area contributed by atoms with Crippen LogP contribution in [0.15, 0.2) is 40.6 Å². The van der Waals surface area contributed by atoms with E-state index in [9.17, 15) is 4.79 Å². The highest BCUT2D eigenvalue weighted by atomic mass is 32.1. The van der Waals surface area contributed by atoms with Crippen molar-refractivity contribution in [3.05, 3.63) is 51.1 Å². The lowest BCUT2D eigenvalue weighted by atomic mass is 10.3. The van der Waals surface area contributed by atoms with Gasteiger partial charge in [0.1, 0.15) is 0 Å². The topological polar surface area (TPSA) is 57.2 Å². The van der Waals surface area contributed by atoms with E-state index in [1.165, 1.54) is 10.9 Å². The van der Waals surface area contributed by atoms with Gasteiger partial charge in [0.15, 0.2) is 0 Å². The molecule has 0 spiro atoms. The molecule has 102 valence electrons. The van der Waals surface area contributed by atoms with Gasteiger partial charge in [0.05, 0.1) is 6.61 Å². The fraction of sp³-hybridized carbons (Fsp3) is 0.357. The monoisotopic (exact) mass is 278 g/mol. The van der Waals surface area contributed by atoms with Gasteiger partial charge in [-0.15, -0.1) is 11.3 Å². The van der Waals surface area contributed by atoms with Gasteiger partial charge in [-0.1, -0.05) is 6.07 Å². The molecule has 0 radical (unpaired) electrons. The molecular weight excluding hydrogens is 260 g/mol. The molecule has 0 saturated carbocycles. The lowest BCUT2D eigenvalue weighted by Crippen LogP contribution is -2.19. The second-order valence-electron chi connectivity index (χ2n) is 4.29. The van der Waals surface area contributed by atoms with Crippen LogP contribution in [0.4, 0.5) is 5.69 Å². The Balaban J connectivity index is 1.64. The lowest BCUT2D eigenvalue weighted by molar-refractivity contribution is 0.132. The zero-order valence-corrected chi connectivity index (χ0v) is 11.6. The summed E-state index contributed by atoms with van der Waals surface area (Å²) in [5, 5.41) is 2.07. The summed E-state index contributed by atoms with van der Waals surface area (Å²) < 4.78 is 7.18. The van der Waals surface area contributed by atoms with Crippen LogP contribution in [-0.2, 0) is 17.7 Å². The Morgan fingerprint density at radius 3 is 2.95 bits per heavy atom. The van der Waals surface area contributed by atoms with Gasteiger partial charge in [0, 0.05) is 42.4 Å². The number of hydrogen-bond acceptors (Lipinski definition) is 4. The van der Waals surface area contributed by atoms with E-state index in [1.54, 1.807) is 28.2 Å². The van der Waals surface area contributed by atoms with E-state index in [-0.39, 0.29) is 5.56 Å². The fourth-order valence-corrected chi connectivity index (χ4v) is 2.48. The van der Waals surface area contributed by atoms with Crippen LogP contribution >= 0.6 is 11.3 Å². The zero-order chi connectivity index (χ0) is 13.5. The quantitative estimate of drug-likeness (QED) is 0.789. The summed E-state index contributed by atoms with van der Waals surface area (Å²) in [6.45, 7) is 2.03. The molecule has 0 bridgehead atoms. The summed E-state index contributed by atoms with van der Waals surface area (Å²) in [5.41, 5.74) is 6.23. The Hall–Kier alpha value is -1.59. The highest BCUT2D eigenvalue weighted by Gasteiger charge is 1.97. The van der Waals surface area contributed by atoms with Crippen molar-refractivity contribution in [1.82, 2.24) is 4.57 Å². The highest BCUT2D eigenvalue weighted by Crippen LogP contribution is 2.08. The van der Waals surface area contributed by atoms with Gasteiger partial charge in [0.2, 0.25) is 0 Å². The standard InChI is InChI=1S/C14H18N2O2S/c15-12-4-5-14(17)16(11-12)7-2-8-18-9-6-13-3-1-10-19-13/h1,3-5,10-11H,2,6-9,15H2. The molecule has 0 aliphatic carbocycles. The van der Waals surface area contributed by atoms with Crippen LogP contribution in [0, 0.1) is 0 Å². The number of pyridine rings is 1. The van der Waals surface area contributed by atoms with E-state index in [0.29, 0.717) is 18.8 Å². The third kappa shape index (κ3) is 4.54. The number of nitrogens with zero attached hydrogens (tertiary/aromatic N) is 1. The molecule has 0 fully saturated rings. The molecule has 0 atom stereocenters. The van der Waals surface area contributed by atoms with Crippen LogP contribution < -0.4 is 11.3 Å². The molecule has 2 N–H and O–H groups in total. The first-order valence-electron chi connectivity index (χ1n) is 6.32. The van der Waals surface area contributed by atoms with Gasteiger partial charge in [-0.2, -0.15) is 0 Å². The number of rotatable bonds is 7. The van der Waals surface area contributed by atoms with Gasteiger partial charge >= 0.3 is 0 Å². The molecule has 2 aromatic rings. The van der Waals surface area contributed by atoms with E-state index < -0.39 is 0 Å². The van der Waals surface area contributed by atoms with Crippen LogP contribution in [0.2, 0.25) is 0 Å². The van der Waals surface area contributed by atoms with E-state index in [1.807, 2.05) is 6.07 Å². The highest BCUT2D eigenvalue weighted by molar-refractivity contribution is 7.09. The maximum absolute atomic E-state index is 11.5. The van der Waals surface area contributed by atoms with Crippen molar-refractivity contribution in [2.24, 2.45) is 0 Å². The molecule has 0 amide bonds. The first kappa shape index (κ1) is 13.8. The summed E-state index contributed by atoms with van der Waals surface area (Å²) in [7, 11) is 0. The van der Waals surface area contributed by atoms with E-state index in [4.69, 9.17) is 10.5 Å². The van der Waals surface area contributed by atoms with Crippen molar-refractivity contribution in [3.63, 3.8) is 0 Å². The van der Waals surface area contributed by atoms with Crippen LogP contribution in [0.5, 0.6) is 0 Å². The first-order chi connectivity index (χ1) is 9.25. The number of aromatic nitrogens is 1. The van der Waals surface area contributed by atoms with Crippen molar-refractivity contribution >= 4 is 17.0 Å². The smallest absolute Gasteiger partial charge is 0.250 e. The normalized spacial score (nSPS) is 10.7. The predicted molar refractivity (Wildman–Crippen MR) is 78.6 cm³/mol. The second-order valence-corrected chi connectivity index (χ2v) is 5.32. The number of nitrogens with two attached hydrogens (primary N) is 1. The number of aryl methyl sites for hydroxylation is 1. The van der Waals surface area contributed by atoms with Crippen LogP contribution in [0.25, 0.3) is 0 Å². The minimum absolute atomic E-state index is 0.0206. The molecule has 0 aromatic carbocycles. The first-order valence-corrected chi connectivity index (χ1v) is 7.20. The zero-order valence-electron chi connectivity index (χ0n) is 10.7. The molecule has 0 aliphatic rings. The Kier molecular flexibility index (Phi) is 5.18. The number of nitrogen functional groups attached to an aromatic ring is 1. The SMILES string of the molecule is Nc1ccc(=O)n(CCCOCCc2cccs2)c1. The third-order valence-electron chi connectivity index (χ3n) is 2.77. The number of ether oxygens (including phenoxy) is 1. The minimum atomic E-state index is -0.0206.